The molecule has 0 aliphatic rings. The van der Waals surface area contributed by atoms with Crippen LogP contribution in [0.3, 0.4) is 0 Å². The standard InChI is InChI=1S/C66H39N5/c1-5-18-40(19-6-1)67(41-20-7-2-8-21-41)57-33-32-48-53-38-61-52(37-62(53)71-63-35-50-45-27-14-16-31-56(45)69(43-24-11-4-12-25-43)59(50)39-54(63)64(57)66(48)71)47-29-17-28-46-51-36-58-49(34-60(51)70(61)65(46)47)44-26-13-15-30-55(44)68(58)42-22-9-3-10-23-42/h1-39H. The van der Waals surface area contributed by atoms with Crippen molar-refractivity contribution < 1.29 is 0 Å². The third-order valence-electron chi connectivity index (χ3n) is 15.7. The summed E-state index contributed by atoms with van der Waals surface area (Å²) in [5.74, 6) is 0. The Kier molecular flexibility index (Phi) is 7.15. The summed E-state index contributed by atoms with van der Waals surface area (Å²) in [6, 6.07) is 87.6. The minimum absolute atomic E-state index is 1.12. The molecular formula is C66H39N5. The van der Waals surface area contributed by atoms with Crippen LogP contribution in [0.4, 0.5) is 17.1 Å². The van der Waals surface area contributed by atoms with E-state index in [1.165, 1.54) is 125 Å². The summed E-state index contributed by atoms with van der Waals surface area (Å²) >= 11 is 0. The molecule has 5 heteroatoms. The molecule has 6 heterocycles. The van der Waals surface area contributed by atoms with Gasteiger partial charge in [-0.15, -0.1) is 0 Å². The average Bonchev–Trinajstić information content (AvgIpc) is 4.27. The second-order valence-electron chi connectivity index (χ2n) is 19.3. The molecular weight excluding hydrogens is 863 g/mol. The fourth-order valence-electron chi connectivity index (χ4n) is 12.9. The Bertz CT molecular complexity index is 4980. The summed E-state index contributed by atoms with van der Waals surface area (Å²) in [5, 5.41) is 15.0. The zero-order valence-corrected chi connectivity index (χ0v) is 38.3. The summed E-state index contributed by atoms with van der Waals surface area (Å²) in [4.78, 5) is 2.44. The molecule has 0 saturated carbocycles. The Hall–Kier alpha value is -9.58. The van der Waals surface area contributed by atoms with E-state index in [0.29, 0.717) is 0 Å². The van der Waals surface area contributed by atoms with Crippen molar-refractivity contribution in [3.05, 3.63) is 237 Å². The van der Waals surface area contributed by atoms with E-state index in [1.807, 2.05) is 0 Å². The van der Waals surface area contributed by atoms with Gasteiger partial charge in [-0.25, -0.2) is 0 Å². The van der Waals surface area contributed by atoms with Crippen LogP contribution in [0.1, 0.15) is 0 Å². The van der Waals surface area contributed by atoms with Gasteiger partial charge in [-0.3, -0.25) is 0 Å². The Balaban J connectivity index is 1.03. The van der Waals surface area contributed by atoms with Crippen LogP contribution < -0.4 is 4.90 Å². The van der Waals surface area contributed by atoms with Crippen LogP contribution in [0.25, 0.3) is 131 Å². The third kappa shape index (κ3) is 4.79. The first-order valence-corrected chi connectivity index (χ1v) is 24.5. The number of aromatic nitrogens is 4. The Morgan fingerprint density at radius 2 is 0.606 bits per heavy atom. The number of rotatable bonds is 5. The Morgan fingerprint density at radius 1 is 0.239 bits per heavy atom. The summed E-state index contributed by atoms with van der Waals surface area (Å²) in [7, 11) is 0. The van der Waals surface area contributed by atoms with E-state index in [4.69, 9.17) is 0 Å². The van der Waals surface area contributed by atoms with Crippen LogP contribution in [0.15, 0.2) is 237 Å². The molecule has 17 rings (SSSR count). The van der Waals surface area contributed by atoms with E-state index in [-0.39, 0.29) is 0 Å². The molecule has 0 unspecified atom stereocenters. The monoisotopic (exact) mass is 901 g/mol. The summed E-state index contributed by atoms with van der Waals surface area (Å²) in [5.41, 5.74) is 17.9. The van der Waals surface area contributed by atoms with Gasteiger partial charge in [-0.2, -0.15) is 0 Å². The zero-order valence-electron chi connectivity index (χ0n) is 38.3. The van der Waals surface area contributed by atoms with Crippen LogP contribution >= 0.6 is 0 Å². The van der Waals surface area contributed by atoms with Gasteiger partial charge >= 0.3 is 0 Å². The SMILES string of the molecule is c1ccc(N(c2ccccc2)c2ccc3c4cc5c(cc4n4c6cc7c8ccccc8n(-c8ccccc8)c7cc6c2c34)c2cccc3c4cc6c(cc4n5c32)c2ccccc2n6-c2ccccc2)cc1. The van der Waals surface area contributed by atoms with Crippen molar-refractivity contribution in [3.8, 4) is 11.4 Å². The van der Waals surface area contributed by atoms with E-state index in [9.17, 15) is 0 Å². The van der Waals surface area contributed by atoms with Crippen LogP contribution in [0.5, 0.6) is 0 Å². The molecule has 0 saturated heterocycles. The van der Waals surface area contributed by atoms with Crippen molar-refractivity contribution in [1.82, 2.24) is 17.9 Å². The first-order chi connectivity index (χ1) is 35.3. The highest BCUT2D eigenvalue weighted by atomic mass is 15.1. The smallest absolute Gasteiger partial charge is 0.0641 e. The van der Waals surface area contributed by atoms with E-state index in [2.05, 4.69) is 259 Å². The first kappa shape index (κ1) is 37.4. The second kappa shape index (κ2) is 13.6. The maximum atomic E-state index is 2.59. The van der Waals surface area contributed by atoms with E-state index < -0.39 is 0 Å². The van der Waals surface area contributed by atoms with E-state index in [1.54, 1.807) is 0 Å². The van der Waals surface area contributed by atoms with Crippen LogP contribution in [0.2, 0.25) is 0 Å². The number of fused-ring (bicyclic) bond motifs is 18. The highest BCUT2D eigenvalue weighted by molar-refractivity contribution is 6.33. The summed E-state index contributed by atoms with van der Waals surface area (Å²) < 4.78 is 10.0. The largest absolute Gasteiger partial charge is 0.310 e. The lowest BCUT2D eigenvalue weighted by molar-refractivity contribution is 1.18. The van der Waals surface area contributed by atoms with Crippen molar-refractivity contribution in [2.75, 3.05) is 4.90 Å². The number of anilines is 3. The first-order valence-electron chi connectivity index (χ1n) is 24.5. The van der Waals surface area contributed by atoms with Gasteiger partial charge in [0.2, 0.25) is 0 Å². The van der Waals surface area contributed by atoms with Gasteiger partial charge in [-0.1, -0.05) is 133 Å². The van der Waals surface area contributed by atoms with Gasteiger partial charge in [-0.05, 0) is 103 Å². The topological polar surface area (TPSA) is 21.9 Å². The lowest BCUT2D eigenvalue weighted by Gasteiger charge is -2.26. The maximum absolute atomic E-state index is 2.59. The molecule has 0 bridgehead atoms. The predicted molar refractivity (Wildman–Crippen MR) is 299 cm³/mol. The van der Waals surface area contributed by atoms with Gasteiger partial charge < -0.3 is 22.8 Å². The molecule has 0 fully saturated rings. The third-order valence-corrected chi connectivity index (χ3v) is 15.7. The molecule has 328 valence electrons. The molecule has 0 amide bonds. The van der Waals surface area contributed by atoms with Crippen LogP contribution in [-0.4, -0.2) is 17.9 Å². The lowest BCUT2D eigenvalue weighted by atomic mass is 10.0. The predicted octanol–water partition coefficient (Wildman–Crippen LogP) is 17.7. The lowest BCUT2D eigenvalue weighted by Crippen LogP contribution is -2.10. The molecule has 0 atom stereocenters. The van der Waals surface area contributed by atoms with E-state index in [0.717, 1.165) is 22.7 Å². The molecule has 6 aromatic heterocycles. The Labute approximate surface area is 405 Å². The van der Waals surface area contributed by atoms with Gasteiger partial charge in [0.15, 0.2) is 0 Å². The van der Waals surface area contributed by atoms with Crippen molar-refractivity contribution in [1.29, 1.82) is 0 Å². The van der Waals surface area contributed by atoms with Crippen molar-refractivity contribution in [2.24, 2.45) is 0 Å². The molecule has 0 aliphatic carbocycles. The minimum Gasteiger partial charge on any atom is -0.310 e. The number of benzene rings is 11. The number of hydrogen-bond donors (Lipinski definition) is 0. The normalized spacial score (nSPS) is 12.5. The molecule has 5 nitrogen and oxygen atoms in total. The summed E-state index contributed by atoms with van der Waals surface area (Å²) in [6.45, 7) is 0. The quantitative estimate of drug-likeness (QED) is 0.169. The second-order valence-corrected chi connectivity index (χ2v) is 19.3. The number of nitrogens with zero attached hydrogens (tertiary/aromatic N) is 5. The summed E-state index contributed by atoms with van der Waals surface area (Å²) in [6.07, 6.45) is 0. The molecule has 0 spiro atoms. The highest BCUT2D eigenvalue weighted by Crippen LogP contribution is 2.51. The minimum atomic E-state index is 1.12. The molecule has 0 N–H and O–H groups in total. The van der Waals surface area contributed by atoms with Crippen molar-refractivity contribution >= 4 is 137 Å². The fourth-order valence-corrected chi connectivity index (χ4v) is 12.9. The molecule has 0 aliphatic heterocycles. The highest BCUT2D eigenvalue weighted by Gasteiger charge is 2.28. The number of para-hydroxylation sites is 7. The molecule has 17 aromatic rings. The molecule has 71 heavy (non-hydrogen) atoms. The van der Waals surface area contributed by atoms with Gasteiger partial charge in [0.25, 0.3) is 0 Å². The van der Waals surface area contributed by atoms with Crippen molar-refractivity contribution in [2.45, 2.75) is 0 Å². The van der Waals surface area contributed by atoms with Crippen LogP contribution in [0, 0.1) is 0 Å². The molecule has 11 aromatic carbocycles. The fraction of sp³-hybridized carbons (Fsp3) is 0. The maximum Gasteiger partial charge on any atom is 0.0641 e. The molecule has 0 radical (unpaired) electrons. The van der Waals surface area contributed by atoms with Gasteiger partial charge in [0, 0.05) is 87.4 Å². The Morgan fingerprint density at radius 3 is 1.11 bits per heavy atom. The van der Waals surface area contributed by atoms with Gasteiger partial charge in [0.05, 0.1) is 60.9 Å². The number of hydrogen-bond acceptors (Lipinski definition) is 1. The average molecular weight is 902 g/mol. The van der Waals surface area contributed by atoms with Crippen LogP contribution in [-0.2, 0) is 0 Å². The van der Waals surface area contributed by atoms with E-state index >= 15 is 0 Å². The van der Waals surface area contributed by atoms with Gasteiger partial charge in [0.1, 0.15) is 0 Å². The van der Waals surface area contributed by atoms with Crippen molar-refractivity contribution in [3.63, 3.8) is 0 Å². The zero-order chi connectivity index (χ0) is 46.1.